The lowest BCUT2D eigenvalue weighted by atomic mass is 10.0. The van der Waals surface area contributed by atoms with Gasteiger partial charge in [-0.3, -0.25) is 9.59 Å². The summed E-state index contributed by atoms with van der Waals surface area (Å²) in [5.41, 5.74) is 0. The van der Waals surface area contributed by atoms with Crippen LogP contribution in [-0.4, -0.2) is 187 Å². The SMILES string of the molecule is CCCCCCCCCCCCN(CCCNC(=O)[C@H](O)[C@@H](O)[C@H](O)[C@H](O)CO)CCN(CCCCCCCCCCCC)CCCNC(=O)[C@H](O)[C@@H](O)[C@H](O)[C@H](O)CO. The molecule has 12 N–H and O–H groups in total. The number of unbranched alkanes of at least 4 members (excludes halogenated alkanes) is 18. The quantitative estimate of drug-likeness (QED) is 0.0386. The van der Waals surface area contributed by atoms with E-state index in [0.717, 1.165) is 51.9 Å². The van der Waals surface area contributed by atoms with E-state index in [1.807, 2.05) is 0 Å². The molecule has 0 aromatic carbocycles. The average Bonchev–Trinajstić information content (AvgIpc) is 3.26. The highest BCUT2D eigenvalue weighted by Gasteiger charge is 2.35. The van der Waals surface area contributed by atoms with Crippen LogP contribution in [-0.2, 0) is 9.59 Å². The van der Waals surface area contributed by atoms with Gasteiger partial charge in [0.05, 0.1) is 13.2 Å². The molecule has 0 unspecified atom stereocenters. The highest BCUT2D eigenvalue weighted by Crippen LogP contribution is 2.13. The van der Waals surface area contributed by atoms with Gasteiger partial charge in [0.1, 0.15) is 36.6 Å². The Morgan fingerprint density at radius 3 is 0.933 bits per heavy atom. The lowest BCUT2D eigenvalue weighted by Gasteiger charge is -2.28. The number of hydrogen-bond acceptors (Lipinski definition) is 14. The summed E-state index contributed by atoms with van der Waals surface area (Å²) in [4.78, 5) is 29.7. The third-order valence-corrected chi connectivity index (χ3v) is 11.3. The minimum absolute atomic E-state index is 0.217. The molecule has 0 aliphatic carbocycles. The number of rotatable bonds is 43. The topological polar surface area (TPSA) is 267 Å². The van der Waals surface area contributed by atoms with Gasteiger partial charge in [0.2, 0.25) is 0 Å². The number of nitrogens with one attached hydrogen (secondary N) is 2. The van der Waals surface area contributed by atoms with E-state index in [-0.39, 0.29) is 13.1 Å². The summed E-state index contributed by atoms with van der Waals surface area (Å²) >= 11 is 0. The molecule has 0 spiro atoms. The standard InChI is InChI=1S/C44H90N4O12/c1-3-5-7-9-11-13-15-17-19-21-27-47(29-23-25-45-43(59)41(57)39(55)37(53)35(51)33-49)31-32-48(28-22-20-18-16-14-12-10-8-6-4-2)30-24-26-46-44(60)42(58)40(56)38(54)36(52)34-50/h35-42,49-58H,3-34H2,1-2H3,(H,45,59)(H,46,60)/t35-,36-,37-,38-,39+,40+,41-,42-/m1/s1. The molecule has 0 rings (SSSR count). The van der Waals surface area contributed by atoms with Crippen molar-refractivity contribution >= 4 is 11.8 Å². The van der Waals surface area contributed by atoms with Gasteiger partial charge < -0.3 is 71.5 Å². The van der Waals surface area contributed by atoms with Crippen LogP contribution >= 0.6 is 0 Å². The van der Waals surface area contributed by atoms with E-state index >= 15 is 0 Å². The zero-order valence-electron chi connectivity index (χ0n) is 37.4. The summed E-state index contributed by atoms with van der Waals surface area (Å²) in [5, 5.41) is 103. The maximum atomic E-state index is 12.5. The van der Waals surface area contributed by atoms with E-state index in [1.165, 1.54) is 103 Å². The summed E-state index contributed by atoms with van der Waals surface area (Å²) in [6, 6.07) is 0. The minimum Gasteiger partial charge on any atom is -0.394 e. The van der Waals surface area contributed by atoms with Crippen molar-refractivity contribution in [2.75, 3.05) is 65.6 Å². The van der Waals surface area contributed by atoms with Crippen molar-refractivity contribution < 1.29 is 60.7 Å². The Hall–Kier alpha value is -1.54. The molecule has 0 saturated carbocycles. The summed E-state index contributed by atoms with van der Waals surface area (Å²) in [7, 11) is 0. The molecular formula is C44H90N4O12. The number of hydrogen-bond donors (Lipinski definition) is 12. The molecule has 60 heavy (non-hydrogen) atoms. The Kier molecular flexibility index (Phi) is 38.1. The molecule has 0 bridgehead atoms. The second-order valence-corrected chi connectivity index (χ2v) is 16.7. The van der Waals surface area contributed by atoms with Crippen LogP contribution in [0.25, 0.3) is 0 Å². The second-order valence-electron chi connectivity index (χ2n) is 16.7. The monoisotopic (exact) mass is 867 g/mol. The van der Waals surface area contributed by atoms with E-state index < -0.39 is 73.9 Å². The summed E-state index contributed by atoms with van der Waals surface area (Å²) < 4.78 is 0. The molecule has 0 aromatic rings. The van der Waals surface area contributed by atoms with Gasteiger partial charge in [-0.15, -0.1) is 0 Å². The van der Waals surface area contributed by atoms with Crippen LogP contribution in [0.1, 0.15) is 155 Å². The number of aliphatic hydroxyl groups excluding tert-OH is 10. The molecule has 358 valence electrons. The Labute approximate surface area is 361 Å². The summed E-state index contributed by atoms with van der Waals surface area (Å²) in [6.07, 6.45) is 10.5. The molecule has 16 heteroatoms. The van der Waals surface area contributed by atoms with Gasteiger partial charge in [-0.1, -0.05) is 129 Å². The van der Waals surface area contributed by atoms with Gasteiger partial charge in [0.15, 0.2) is 12.2 Å². The van der Waals surface area contributed by atoms with E-state index in [9.17, 15) is 50.4 Å². The first-order chi connectivity index (χ1) is 28.9. The van der Waals surface area contributed by atoms with Crippen LogP contribution in [0.2, 0.25) is 0 Å². The maximum Gasteiger partial charge on any atom is 0.251 e. The first-order valence-corrected chi connectivity index (χ1v) is 23.5. The molecule has 0 aliphatic heterocycles. The smallest absolute Gasteiger partial charge is 0.251 e. The summed E-state index contributed by atoms with van der Waals surface area (Å²) in [5.74, 6) is -1.77. The molecule has 16 nitrogen and oxygen atoms in total. The van der Waals surface area contributed by atoms with Gasteiger partial charge in [-0.2, -0.15) is 0 Å². The lowest BCUT2D eigenvalue weighted by Crippen LogP contribution is -2.51. The van der Waals surface area contributed by atoms with E-state index in [1.54, 1.807) is 0 Å². The molecule has 0 heterocycles. The third kappa shape index (κ3) is 28.9. The van der Waals surface area contributed by atoms with Crippen molar-refractivity contribution in [1.29, 1.82) is 0 Å². The first kappa shape index (κ1) is 58.5. The fraction of sp³-hybridized carbons (Fsp3) is 0.955. The summed E-state index contributed by atoms with van der Waals surface area (Å²) in [6.45, 7) is 7.81. The number of aliphatic hydroxyl groups is 10. The van der Waals surface area contributed by atoms with Crippen molar-refractivity contribution in [3.8, 4) is 0 Å². The largest absolute Gasteiger partial charge is 0.394 e. The van der Waals surface area contributed by atoms with Gasteiger partial charge >= 0.3 is 0 Å². The fourth-order valence-electron chi connectivity index (χ4n) is 7.19. The van der Waals surface area contributed by atoms with E-state index in [0.29, 0.717) is 25.9 Å². The van der Waals surface area contributed by atoms with Crippen LogP contribution in [0.4, 0.5) is 0 Å². The van der Waals surface area contributed by atoms with Crippen LogP contribution < -0.4 is 10.6 Å². The lowest BCUT2D eigenvalue weighted by molar-refractivity contribution is -0.149. The molecule has 0 aliphatic rings. The van der Waals surface area contributed by atoms with Gasteiger partial charge in [0, 0.05) is 26.2 Å². The second kappa shape index (κ2) is 39.1. The zero-order valence-corrected chi connectivity index (χ0v) is 37.4. The highest BCUT2D eigenvalue weighted by molar-refractivity contribution is 5.81. The van der Waals surface area contributed by atoms with Gasteiger partial charge in [-0.25, -0.2) is 0 Å². The number of nitrogens with zero attached hydrogens (tertiary/aromatic N) is 2. The molecular weight excluding hydrogens is 777 g/mol. The Morgan fingerprint density at radius 2 is 0.650 bits per heavy atom. The van der Waals surface area contributed by atoms with Gasteiger partial charge in [0.25, 0.3) is 11.8 Å². The number of carbonyl (C=O) groups is 2. The van der Waals surface area contributed by atoms with Crippen LogP contribution in [0.3, 0.4) is 0 Å². The van der Waals surface area contributed by atoms with Crippen molar-refractivity contribution in [2.24, 2.45) is 0 Å². The first-order valence-electron chi connectivity index (χ1n) is 23.5. The normalized spacial score (nSPS) is 16.0. The molecule has 8 atom stereocenters. The predicted molar refractivity (Wildman–Crippen MR) is 234 cm³/mol. The van der Waals surface area contributed by atoms with Crippen molar-refractivity contribution in [3.63, 3.8) is 0 Å². The van der Waals surface area contributed by atoms with Gasteiger partial charge in [-0.05, 0) is 51.9 Å². The Balaban J connectivity index is 5.36. The highest BCUT2D eigenvalue weighted by atomic mass is 16.4. The van der Waals surface area contributed by atoms with Crippen LogP contribution in [0, 0.1) is 0 Å². The Bertz CT molecular complexity index is 929. The molecule has 0 saturated heterocycles. The average molecular weight is 867 g/mol. The predicted octanol–water partition coefficient (Wildman–Crippen LogP) is 1.32. The molecule has 0 radical (unpaired) electrons. The van der Waals surface area contributed by atoms with Crippen molar-refractivity contribution in [3.05, 3.63) is 0 Å². The molecule has 0 aromatic heterocycles. The van der Waals surface area contributed by atoms with Crippen molar-refractivity contribution in [1.82, 2.24) is 20.4 Å². The van der Waals surface area contributed by atoms with Crippen LogP contribution in [0.5, 0.6) is 0 Å². The minimum atomic E-state index is -1.98. The molecule has 2 amide bonds. The third-order valence-electron chi connectivity index (χ3n) is 11.3. The van der Waals surface area contributed by atoms with E-state index in [4.69, 9.17) is 10.2 Å². The maximum absolute atomic E-state index is 12.5. The fourth-order valence-corrected chi connectivity index (χ4v) is 7.19. The van der Waals surface area contributed by atoms with Crippen molar-refractivity contribution in [2.45, 2.75) is 204 Å². The zero-order chi connectivity index (χ0) is 45.0. The van der Waals surface area contributed by atoms with E-state index in [2.05, 4.69) is 34.3 Å². The Morgan fingerprint density at radius 1 is 0.383 bits per heavy atom. The number of amides is 2. The number of carbonyl (C=O) groups excluding carboxylic acids is 2. The molecule has 0 fully saturated rings. The van der Waals surface area contributed by atoms with Crippen LogP contribution in [0.15, 0.2) is 0 Å².